The van der Waals surface area contributed by atoms with Gasteiger partial charge in [0.15, 0.2) is 5.82 Å². The van der Waals surface area contributed by atoms with Crippen molar-refractivity contribution in [1.82, 2.24) is 9.97 Å². The van der Waals surface area contributed by atoms with Crippen LogP contribution < -0.4 is 0 Å². The van der Waals surface area contributed by atoms with Crippen LogP contribution in [0, 0.1) is 12.7 Å². The zero-order valence-electron chi connectivity index (χ0n) is 6.13. The molecule has 1 aromatic heterocycles. The first-order valence-electron chi connectivity index (χ1n) is 3.08. The van der Waals surface area contributed by atoms with E-state index in [1.807, 2.05) is 0 Å². The van der Waals surface area contributed by atoms with Crippen LogP contribution in [0.1, 0.15) is 11.4 Å². The SMILES string of the molecule is C=C=Cc1ncnc(C)c1F. The van der Waals surface area contributed by atoms with Crippen LogP contribution >= 0.6 is 0 Å². The molecular weight excluding hydrogens is 143 g/mol. The van der Waals surface area contributed by atoms with E-state index < -0.39 is 5.82 Å². The Labute approximate surface area is 64.1 Å². The van der Waals surface area contributed by atoms with E-state index >= 15 is 0 Å². The van der Waals surface area contributed by atoms with E-state index in [1.54, 1.807) is 6.92 Å². The molecule has 0 aliphatic carbocycles. The van der Waals surface area contributed by atoms with Gasteiger partial charge in [0.2, 0.25) is 0 Å². The largest absolute Gasteiger partial charge is 0.239 e. The lowest BCUT2D eigenvalue weighted by Gasteiger charge is -1.95. The van der Waals surface area contributed by atoms with Crippen LogP contribution in [0.5, 0.6) is 0 Å². The van der Waals surface area contributed by atoms with Crippen molar-refractivity contribution < 1.29 is 4.39 Å². The molecule has 0 N–H and O–H groups in total. The smallest absolute Gasteiger partial charge is 0.170 e. The predicted octanol–water partition coefficient (Wildman–Crippen LogP) is 1.72. The van der Waals surface area contributed by atoms with Crippen molar-refractivity contribution in [3.05, 3.63) is 35.8 Å². The lowest BCUT2D eigenvalue weighted by molar-refractivity contribution is 0.598. The van der Waals surface area contributed by atoms with Crippen LogP contribution in [0.4, 0.5) is 4.39 Å². The summed E-state index contributed by atoms with van der Waals surface area (Å²) in [6.45, 7) is 4.90. The van der Waals surface area contributed by atoms with Crippen molar-refractivity contribution in [2.75, 3.05) is 0 Å². The summed E-state index contributed by atoms with van der Waals surface area (Å²) >= 11 is 0. The normalized spacial score (nSPS) is 8.91. The van der Waals surface area contributed by atoms with Gasteiger partial charge >= 0.3 is 0 Å². The van der Waals surface area contributed by atoms with Gasteiger partial charge in [-0.15, -0.1) is 5.73 Å². The molecule has 2 nitrogen and oxygen atoms in total. The Kier molecular flexibility index (Phi) is 2.14. The molecule has 1 aromatic rings. The van der Waals surface area contributed by atoms with Crippen molar-refractivity contribution in [1.29, 1.82) is 0 Å². The molecule has 0 radical (unpaired) electrons. The van der Waals surface area contributed by atoms with Crippen molar-refractivity contribution in [3.8, 4) is 0 Å². The summed E-state index contributed by atoms with van der Waals surface area (Å²) in [6.07, 6.45) is 2.69. The van der Waals surface area contributed by atoms with Gasteiger partial charge in [0.05, 0.1) is 5.69 Å². The highest BCUT2D eigenvalue weighted by molar-refractivity contribution is 5.43. The van der Waals surface area contributed by atoms with Crippen LogP contribution in [0.15, 0.2) is 18.6 Å². The van der Waals surface area contributed by atoms with Gasteiger partial charge in [-0.25, -0.2) is 14.4 Å². The number of hydrogen-bond donors (Lipinski definition) is 0. The summed E-state index contributed by atoms with van der Waals surface area (Å²) in [5.41, 5.74) is 3.01. The molecular formula is C8H7FN2. The van der Waals surface area contributed by atoms with Crippen LogP contribution in [0.3, 0.4) is 0 Å². The van der Waals surface area contributed by atoms with E-state index in [2.05, 4.69) is 22.3 Å². The number of hydrogen-bond acceptors (Lipinski definition) is 2. The molecule has 0 fully saturated rings. The first-order chi connectivity index (χ1) is 5.25. The van der Waals surface area contributed by atoms with Gasteiger partial charge in [-0.05, 0) is 6.92 Å². The third-order valence-corrected chi connectivity index (χ3v) is 1.23. The number of halogens is 1. The van der Waals surface area contributed by atoms with Gasteiger partial charge in [-0.3, -0.25) is 0 Å². The van der Waals surface area contributed by atoms with Gasteiger partial charge in [0.25, 0.3) is 0 Å². The Morgan fingerprint density at radius 3 is 3.00 bits per heavy atom. The molecule has 0 spiro atoms. The molecule has 0 bridgehead atoms. The van der Waals surface area contributed by atoms with Crippen LogP contribution in [-0.2, 0) is 0 Å². The van der Waals surface area contributed by atoms with Crippen molar-refractivity contribution >= 4 is 6.08 Å². The number of rotatable bonds is 1. The Bertz CT molecular complexity index is 314. The van der Waals surface area contributed by atoms with Crippen LogP contribution in [0.2, 0.25) is 0 Å². The lowest BCUT2D eigenvalue weighted by atomic mass is 10.3. The topological polar surface area (TPSA) is 25.8 Å². The summed E-state index contributed by atoms with van der Waals surface area (Å²) in [5, 5.41) is 0. The molecule has 0 aromatic carbocycles. The molecule has 0 amide bonds. The number of nitrogens with zero attached hydrogens (tertiary/aromatic N) is 2. The maximum Gasteiger partial charge on any atom is 0.170 e. The maximum atomic E-state index is 13.0. The first-order valence-corrected chi connectivity index (χ1v) is 3.08. The lowest BCUT2D eigenvalue weighted by Crippen LogP contribution is -1.93. The van der Waals surface area contributed by atoms with Crippen LogP contribution in [0.25, 0.3) is 6.08 Å². The first kappa shape index (κ1) is 7.63. The van der Waals surface area contributed by atoms with Gasteiger partial charge in [-0.2, -0.15) is 0 Å². The summed E-state index contributed by atoms with van der Waals surface area (Å²) < 4.78 is 13.0. The average Bonchev–Trinajstić information content (AvgIpc) is 1.99. The summed E-state index contributed by atoms with van der Waals surface area (Å²) in [7, 11) is 0. The molecule has 11 heavy (non-hydrogen) atoms. The highest BCUT2D eigenvalue weighted by atomic mass is 19.1. The number of aromatic nitrogens is 2. The zero-order valence-corrected chi connectivity index (χ0v) is 6.13. The highest BCUT2D eigenvalue weighted by Crippen LogP contribution is 2.06. The Balaban J connectivity index is 3.26. The fourth-order valence-corrected chi connectivity index (χ4v) is 0.674. The van der Waals surface area contributed by atoms with Crippen molar-refractivity contribution in [2.24, 2.45) is 0 Å². The van der Waals surface area contributed by atoms with Crippen molar-refractivity contribution in [3.63, 3.8) is 0 Å². The standard InChI is InChI=1S/C8H7FN2/c1-3-4-7-8(9)6(2)10-5-11-7/h4-5H,1H2,2H3. The van der Waals surface area contributed by atoms with E-state index in [9.17, 15) is 4.39 Å². The van der Waals surface area contributed by atoms with Gasteiger partial charge in [-0.1, -0.05) is 6.58 Å². The van der Waals surface area contributed by atoms with E-state index in [-0.39, 0.29) is 5.69 Å². The van der Waals surface area contributed by atoms with Crippen LogP contribution in [-0.4, -0.2) is 9.97 Å². The number of aryl methyl sites for hydroxylation is 1. The van der Waals surface area contributed by atoms with Gasteiger partial charge < -0.3 is 0 Å². The van der Waals surface area contributed by atoms with E-state index in [1.165, 1.54) is 12.4 Å². The second kappa shape index (κ2) is 3.08. The molecule has 1 rings (SSSR count). The molecule has 56 valence electrons. The minimum atomic E-state index is -0.413. The average molecular weight is 150 g/mol. The van der Waals surface area contributed by atoms with E-state index in [0.29, 0.717) is 5.69 Å². The van der Waals surface area contributed by atoms with Gasteiger partial charge in [0, 0.05) is 6.08 Å². The quantitative estimate of drug-likeness (QED) is 0.569. The second-order valence-corrected chi connectivity index (χ2v) is 2.01. The molecule has 0 atom stereocenters. The molecule has 0 saturated carbocycles. The molecule has 3 heteroatoms. The van der Waals surface area contributed by atoms with Gasteiger partial charge in [0.1, 0.15) is 12.0 Å². The molecule has 0 unspecified atom stereocenters. The van der Waals surface area contributed by atoms with E-state index in [4.69, 9.17) is 0 Å². The summed E-state index contributed by atoms with van der Waals surface area (Å²) in [4.78, 5) is 7.35. The third-order valence-electron chi connectivity index (χ3n) is 1.23. The monoisotopic (exact) mass is 150 g/mol. The fourth-order valence-electron chi connectivity index (χ4n) is 0.674. The fraction of sp³-hybridized carbons (Fsp3) is 0.125. The minimum absolute atomic E-state index is 0.229. The molecule has 0 saturated heterocycles. The second-order valence-electron chi connectivity index (χ2n) is 2.01. The molecule has 0 aliphatic heterocycles. The summed E-state index contributed by atoms with van der Waals surface area (Å²) in [5.74, 6) is -0.413. The Hall–Kier alpha value is -1.47. The summed E-state index contributed by atoms with van der Waals surface area (Å²) in [6, 6.07) is 0. The zero-order chi connectivity index (χ0) is 8.27. The van der Waals surface area contributed by atoms with E-state index in [0.717, 1.165) is 0 Å². The maximum absolute atomic E-state index is 13.0. The predicted molar refractivity (Wildman–Crippen MR) is 40.3 cm³/mol. The Morgan fingerprint density at radius 1 is 1.64 bits per heavy atom. The minimum Gasteiger partial charge on any atom is -0.239 e. The molecule has 0 aliphatic rings. The molecule has 1 heterocycles. The highest BCUT2D eigenvalue weighted by Gasteiger charge is 2.02. The Morgan fingerprint density at radius 2 is 2.36 bits per heavy atom. The van der Waals surface area contributed by atoms with Crippen molar-refractivity contribution in [2.45, 2.75) is 6.92 Å². The third kappa shape index (κ3) is 1.51.